The lowest BCUT2D eigenvalue weighted by Crippen LogP contribution is -2.53. The summed E-state index contributed by atoms with van der Waals surface area (Å²) >= 11 is 3.24. The lowest BCUT2D eigenvalue weighted by atomic mass is 10.1. The number of nitrogens with two attached hydrogens (primary N) is 2. The topological polar surface area (TPSA) is 211 Å². The molecule has 0 radical (unpaired) electrons. The second-order valence-electron chi connectivity index (χ2n) is 25.5. The van der Waals surface area contributed by atoms with E-state index in [1.165, 1.54) is 83.8 Å². The molecule has 0 saturated carbocycles. The predicted molar refractivity (Wildman–Crippen MR) is 379 cm³/mol. The molecule has 0 aliphatic carbocycles. The average Bonchev–Trinajstić information content (AvgIpc) is 3.76. The van der Waals surface area contributed by atoms with Crippen molar-refractivity contribution >= 4 is 63.2 Å². The van der Waals surface area contributed by atoms with Crippen LogP contribution in [0.1, 0.15) is 244 Å². The molecule has 17 nitrogen and oxygen atoms in total. The fourth-order valence-corrected chi connectivity index (χ4v) is 12.0. The van der Waals surface area contributed by atoms with Crippen molar-refractivity contribution in [3.05, 3.63) is 71.8 Å². The minimum Gasteiger partial charge on any atom is -0.368 e. The van der Waals surface area contributed by atoms with Crippen LogP contribution in [0.15, 0.2) is 60.7 Å². The third-order valence-electron chi connectivity index (χ3n) is 17.4. The molecule has 4 N–H and O–H groups in total. The van der Waals surface area contributed by atoms with Gasteiger partial charge in [0.15, 0.2) is 0 Å². The van der Waals surface area contributed by atoms with Crippen molar-refractivity contribution in [2.75, 3.05) is 104 Å². The van der Waals surface area contributed by atoms with Gasteiger partial charge >= 0.3 is 0 Å². The zero-order valence-corrected chi connectivity index (χ0v) is 59.6. The van der Waals surface area contributed by atoms with E-state index in [9.17, 15) is 28.8 Å². The van der Waals surface area contributed by atoms with Crippen molar-refractivity contribution in [2.45, 2.75) is 246 Å². The highest BCUT2D eigenvalue weighted by Crippen LogP contribution is 2.17. The van der Waals surface area contributed by atoms with Crippen LogP contribution in [-0.2, 0) is 51.2 Å². The van der Waals surface area contributed by atoms with Gasteiger partial charge in [-0.1, -0.05) is 284 Å². The second-order valence-corrected chi connectivity index (χ2v) is 26.0. The molecule has 2 aromatic rings. The molecule has 0 bridgehead atoms. The predicted octanol–water partition coefficient (Wildman–Crippen LogP) is 12.7. The van der Waals surface area contributed by atoms with E-state index in [-0.39, 0.29) is 108 Å². The van der Waals surface area contributed by atoms with Gasteiger partial charge in [-0.3, -0.25) is 38.4 Å². The van der Waals surface area contributed by atoms with E-state index in [0.717, 1.165) is 133 Å². The maximum Gasteiger partial charge on any atom is 0.242 e. The van der Waals surface area contributed by atoms with Gasteiger partial charge in [0.05, 0.1) is 51.1 Å². The summed E-state index contributed by atoms with van der Waals surface area (Å²) in [5.74, 6) is -3.33. The van der Waals surface area contributed by atoms with E-state index < -0.39 is 29.5 Å². The van der Waals surface area contributed by atoms with Crippen LogP contribution in [-0.4, -0.2) is 185 Å². The summed E-state index contributed by atoms with van der Waals surface area (Å²) < 4.78 is 0. The van der Waals surface area contributed by atoms with E-state index in [1.54, 1.807) is 14.7 Å². The fraction of sp³-hybridized carbons (Fsp3) is 0.730. The van der Waals surface area contributed by atoms with Crippen LogP contribution in [0.2, 0.25) is 0 Å². The van der Waals surface area contributed by atoms with E-state index >= 15 is 9.59 Å². The minimum absolute atomic E-state index is 0.000644. The van der Waals surface area contributed by atoms with Gasteiger partial charge in [0.1, 0.15) is 0 Å². The Morgan fingerprint density at radius 3 is 0.739 bits per heavy atom. The van der Waals surface area contributed by atoms with Crippen LogP contribution in [0, 0.1) is 0 Å². The minimum atomic E-state index is -0.614. The first-order valence-electron chi connectivity index (χ1n) is 36.3. The van der Waals surface area contributed by atoms with Gasteiger partial charge in [0.2, 0.25) is 47.3 Å². The molecular formula is C74H126BrN9O8. The number of hydrogen-bond acceptors (Lipinski definition) is 9. The van der Waals surface area contributed by atoms with E-state index in [1.807, 2.05) is 60.7 Å². The highest BCUT2D eigenvalue weighted by molar-refractivity contribution is 9.09. The van der Waals surface area contributed by atoms with Gasteiger partial charge in [0, 0.05) is 52.4 Å². The molecule has 0 spiro atoms. The highest BCUT2D eigenvalue weighted by Gasteiger charge is 2.30. The SMILES string of the molecule is CCCCCCCCCCN(CC(N)=O)C(=O)CN(CCCCCCCCCC)C(=O)CN(CCCCCCCCCC)C(=O)CN(CCCCCCCCCC)C(=O)CN(CCc1ccccc1)C(=O)CN(CCc1ccccc1)C(=O)CN(CCN)C(=O)CBr. The largest absolute Gasteiger partial charge is 0.368 e. The Morgan fingerprint density at radius 2 is 0.511 bits per heavy atom. The molecular weight excluding hydrogens is 1220 g/mol. The molecule has 0 fully saturated rings. The first kappa shape index (κ1) is 82.7. The molecule has 0 aromatic heterocycles. The Bertz CT molecular complexity index is 2280. The second kappa shape index (κ2) is 55.0. The van der Waals surface area contributed by atoms with Crippen molar-refractivity contribution < 1.29 is 38.4 Å². The Kier molecular flexibility index (Phi) is 49.4. The number of amides is 8. The Hall–Kier alpha value is -5.36. The number of carbonyl (C=O) groups is 8. The summed E-state index contributed by atoms with van der Waals surface area (Å²) in [6.45, 7) is 8.56. The molecule has 92 heavy (non-hydrogen) atoms. The normalized spacial score (nSPS) is 11.1. The molecule has 18 heteroatoms. The number of halogens is 1. The summed E-state index contributed by atoms with van der Waals surface area (Å²) in [6, 6.07) is 19.3. The number of unbranched alkanes of at least 4 members (excludes halogenated alkanes) is 28. The third-order valence-corrected chi connectivity index (χ3v) is 17.9. The number of primary amides is 1. The molecule has 0 aliphatic heterocycles. The number of hydrogen-bond donors (Lipinski definition) is 2. The lowest BCUT2D eigenvalue weighted by molar-refractivity contribution is -0.148. The highest BCUT2D eigenvalue weighted by atomic mass is 79.9. The maximum absolute atomic E-state index is 15.2. The van der Waals surface area contributed by atoms with Crippen LogP contribution in [0.3, 0.4) is 0 Å². The van der Waals surface area contributed by atoms with Gasteiger partial charge in [-0.05, 0) is 49.7 Å². The quantitative estimate of drug-likeness (QED) is 0.0476. The summed E-state index contributed by atoms with van der Waals surface area (Å²) in [7, 11) is 0. The first-order valence-corrected chi connectivity index (χ1v) is 37.4. The van der Waals surface area contributed by atoms with Gasteiger partial charge in [0.25, 0.3) is 0 Å². The molecule has 8 amide bonds. The van der Waals surface area contributed by atoms with Crippen molar-refractivity contribution in [3.63, 3.8) is 0 Å². The van der Waals surface area contributed by atoms with Crippen molar-refractivity contribution in [1.29, 1.82) is 0 Å². The molecule has 2 rings (SSSR count). The molecule has 522 valence electrons. The van der Waals surface area contributed by atoms with Crippen LogP contribution < -0.4 is 11.5 Å². The lowest BCUT2D eigenvalue weighted by Gasteiger charge is -2.32. The molecule has 0 heterocycles. The van der Waals surface area contributed by atoms with Crippen LogP contribution >= 0.6 is 15.9 Å². The van der Waals surface area contributed by atoms with Crippen molar-refractivity contribution in [1.82, 2.24) is 34.3 Å². The molecule has 0 unspecified atom stereocenters. The van der Waals surface area contributed by atoms with E-state index in [2.05, 4.69) is 43.6 Å². The Labute approximate surface area is 565 Å². The average molecular weight is 1350 g/mol. The van der Waals surface area contributed by atoms with Crippen LogP contribution in [0.25, 0.3) is 0 Å². The number of nitrogens with zero attached hydrogens (tertiary/aromatic N) is 7. The zero-order chi connectivity index (χ0) is 67.2. The number of rotatable bonds is 59. The van der Waals surface area contributed by atoms with E-state index in [0.29, 0.717) is 45.2 Å². The molecule has 0 saturated heterocycles. The summed E-state index contributed by atoms with van der Waals surface area (Å²) in [6.07, 6.45) is 34.2. The molecule has 0 aliphatic rings. The van der Waals surface area contributed by atoms with Crippen LogP contribution in [0.4, 0.5) is 0 Å². The number of carbonyl (C=O) groups excluding carboxylic acids is 8. The molecule has 0 atom stereocenters. The number of benzene rings is 2. The van der Waals surface area contributed by atoms with E-state index in [4.69, 9.17) is 11.5 Å². The summed E-state index contributed by atoms with van der Waals surface area (Å²) in [5, 5.41) is 0.000644. The molecule has 2 aromatic carbocycles. The monoisotopic (exact) mass is 1350 g/mol. The van der Waals surface area contributed by atoms with Gasteiger partial charge in [-0.2, -0.15) is 0 Å². The summed E-state index contributed by atoms with van der Waals surface area (Å²) in [4.78, 5) is 125. The van der Waals surface area contributed by atoms with Crippen molar-refractivity contribution in [3.8, 4) is 0 Å². The standard InChI is InChI=1S/C74H126BrN9O8/c1-5-9-13-17-21-25-29-39-50-78(58-67(77)85)69(87)59-79(51-40-30-26-22-18-14-10-6-2)70(88)60-80(52-41-31-27-23-19-15-11-7-3)71(89)61-81(53-42-32-28-24-20-16-12-8-4)72(90)62-82(54-47-65-43-35-33-36-44-65)73(91)63-83(55-48-66-45-37-34-38-46-66)74(92)64-84(56-49-76)68(86)57-75/h33-38,43-46H,5-32,39-42,47-64,76H2,1-4H3,(H2,77,85). The Morgan fingerprint density at radius 1 is 0.293 bits per heavy atom. The van der Waals surface area contributed by atoms with Gasteiger partial charge < -0.3 is 45.8 Å². The van der Waals surface area contributed by atoms with Gasteiger partial charge in [-0.15, -0.1) is 0 Å². The first-order chi connectivity index (χ1) is 44.7. The zero-order valence-electron chi connectivity index (χ0n) is 58.1. The smallest absolute Gasteiger partial charge is 0.242 e. The fourth-order valence-electron chi connectivity index (χ4n) is 11.6. The van der Waals surface area contributed by atoms with Crippen molar-refractivity contribution in [2.24, 2.45) is 11.5 Å². The number of alkyl halides is 1. The third kappa shape index (κ3) is 40.0. The Balaban J connectivity index is 2.63. The van der Waals surface area contributed by atoms with Gasteiger partial charge in [-0.25, -0.2) is 0 Å². The maximum atomic E-state index is 15.2. The van der Waals surface area contributed by atoms with Crippen LogP contribution in [0.5, 0.6) is 0 Å². The summed E-state index contributed by atoms with van der Waals surface area (Å²) in [5.41, 5.74) is 13.5.